The molecule has 1 heterocycles. The summed E-state index contributed by atoms with van der Waals surface area (Å²) in [4.78, 5) is 2.37. The Kier molecular flexibility index (Phi) is 7.85. The van der Waals surface area contributed by atoms with Crippen molar-refractivity contribution in [3.05, 3.63) is 212 Å². The number of hydrogen-bond acceptors (Lipinski definition) is 2. The number of furan rings is 1. The second-order valence-electron chi connectivity index (χ2n) is 13.7. The lowest BCUT2D eigenvalue weighted by atomic mass is 9.96. The van der Waals surface area contributed by atoms with Crippen molar-refractivity contribution in [1.29, 1.82) is 0 Å². The largest absolute Gasteiger partial charge is 0.455 e. The van der Waals surface area contributed by atoms with Gasteiger partial charge in [-0.25, -0.2) is 0 Å². The molecule has 0 unspecified atom stereocenters. The van der Waals surface area contributed by atoms with Crippen LogP contribution in [0.1, 0.15) is 0 Å². The van der Waals surface area contributed by atoms with Gasteiger partial charge < -0.3 is 9.32 Å². The molecule has 0 N–H and O–H groups in total. The molecule has 254 valence electrons. The molecule has 2 nitrogen and oxygen atoms in total. The summed E-state index contributed by atoms with van der Waals surface area (Å²) >= 11 is 0. The van der Waals surface area contributed by atoms with E-state index < -0.39 is 0 Å². The quantitative estimate of drug-likeness (QED) is 0.166. The number of nitrogens with zero attached hydrogens (tertiary/aromatic N) is 1. The second-order valence-corrected chi connectivity index (χ2v) is 13.7. The van der Waals surface area contributed by atoms with Gasteiger partial charge in [0.05, 0.1) is 0 Å². The molecule has 0 radical (unpaired) electrons. The standard InChI is InChI=1S/C52H35NO/c1-4-13-36(14-5-1)39-23-28-44(29-24-39)53(46-34-42(37-15-6-2-7-16-37)33-43(35-46)38-17-8-3-9-18-38)45-30-25-41(26-31-45)47-21-12-22-50-51(47)49-32-27-40-19-10-11-20-48(40)52(49)54-50/h1-35H. The van der Waals surface area contributed by atoms with E-state index in [1.54, 1.807) is 0 Å². The Bertz CT molecular complexity index is 2840. The molecular formula is C52H35NO. The first kappa shape index (κ1) is 31.6. The van der Waals surface area contributed by atoms with E-state index in [0.29, 0.717) is 0 Å². The number of hydrogen-bond donors (Lipinski definition) is 0. The first-order valence-electron chi connectivity index (χ1n) is 18.4. The van der Waals surface area contributed by atoms with Gasteiger partial charge in [-0.3, -0.25) is 0 Å². The van der Waals surface area contributed by atoms with Gasteiger partial charge >= 0.3 is 0 Å². The predicted octanol–water partition coefficient (Wildman–Crippen LogP) is 14.9. The van der Waals surface area contributed by atoms with Crippen LogP contribution in [0.25, 0.3) is 77.2 Å². The van der Waals surface area contributed by atoms with Crippen molar-refractivity contribution < 1.29 is 4.42 Å². The van der Waals surface area contributed by atoms with E-state index in [0.717, 1.165) is 55.5 Å². The molecule has 0 saturated carbocycles. The van der Waals surface area contributed by atoms with Gasteiger partial charge in [-0.15, -0.1) is 0 Å². The molecule has 0 saturated heterocycles. The van der Waals surface area contributed by atoms with Crippen LogP contribution in [0.5, 0.6) is 0 Å². The van der Waals surface area contributed by atoms with Crippen molar-refractivity contribution in [3.63, 3.8) is 0 Å². The Hall–Kier alpha value is -7.16. The van der Waals surface area contributed by atoms with E-state index >= 15 is 0 Å². The summed E-state index contributed by atoms with van der Waals surface area (Å²) in [6, 6.07) is 75.9. The molecule has 0 spiro atoms. The Morgan fingerprint density at radius 1 is 0.315 bits per heavy atom. The fourth-order valence-corrected chi connectivity index (χ4v) is 7.80. The van der Waals surface area contributed by atoms with Gasteiger partial charge in [0, 0.05) is 33.2 Å². The molecule has 54 heavy (non-hydrogen) atoms. The highest BCUT2D eigenvalue weighted by atomic mass is 16.3. The molecule has 9 aromatic carbocycles. The summed E-state index contributed by atoms with van der Waals surface area (Å²) in [6.45, 7) is 0. The van der Waals surface area contributed by atoms with Crippen LogP contribution in [-0.4, -0.2) is 0 Å². The third-order valence-electron chi connectivity index (χ3n) is 10.4. The van der Waals surface area contributed by atoms with Gasteiger partial charge in [0.1, 0.15) is 11.2 Å². The molecule has 0 fully saturated rings. The highest BCUT2D eigenvalue weighted by Gasteiger charge is 2.18. The number of benzene rings is 9. The highest BCUT2D eigenvalue weighted by Crippen LogP contribution is 2.43. The topological polar surface area (TPSA) is 16.4 Å². The first-order chi connectivity index (χ1) is 26.8. The average molecular weight is 690 g/mol. The molecule has 0 aliphatic heterocycles. The Morgan fingerprint density at radius 2 is 0.833 bits per heavy atom. The minimum atomic E-state index is 0.897. The van der Waals surface area contributed by atoms with Crippen molar-refractivity contribution in [2.45, 2.75) is 0 Å². The highest BCUT2D eigenvalue weighted by molar-refractivity contribution is 6.19. The fraction of sp³-hybridized carbons (Fsp3) is 0. The lowest BCUT2D eigenvalue weighted by molar-refractivity contribution is 0.673. The lowest BCUT2D eigenvalue weighted by Gasteiger charge is -2.27. The maximum absolute atomic E-state index is 6.53. The summed E-state index contributed by atoms with van der Waals surface area (Å²) < 4.78 is 6.53. The zero-order chi connectivity index (χ0) is 35.8. The zero-order valence-electron chi connectivity index (χ0n) is 29.6. The molecular weight excluding hydrogens is 655 g/mol. The van der Waals surface area contributed by atoms with Crippen LogP contribution in [0.15, 0.2) is 217 Å². The predicted molar refractivity (Wildman–Crippen MR) is 228 cm³/mol. The summed E-state index contributed by atoms with van der Waals surface area (Å²) in [7, 11) is 0. The second kappa shape index (κ2) is 13.4. The normalized spacial score (nSPS) is 11.3. The third-order valence-corrected chi connectivity index (χ3v) is 10.4. The zero-order valence-corrected chi connectivity index (χ0v) is 29.6. The van der Waals surface area contributed by atoms with Crippen LogP contribution in [0.4, 0.5) is 17.1 Å². The summed E-state index contributed by atoms with van der Waals surface area (Å²) in [5.41, 5.74) is 14.5. The Labute approximate surface area is 314 Å². The van der Waals surface area contributed by atoms with Crippen molar-refractivity contribution in [3.8, 4) is 44.5 Å². The molecule has 2 heteroatoms. The van der Waals surface area contributed by atoms with Crippen LogP contribution in [0, 0.1) is 0 Å². The van der Waals surface area contributed by atoms with Crippen molar-refractivity contribution in [1.82, 2.24) is 0 Å². The fourth-order valence-electron chi connectivity index (χ4n) is 7.80. The van der Waals surface area contributed by atoms with Gasteiger partial charge in [0.15, 0.2) is 0 Å². The van der Waals surface area contributed by atoms with Gasteiger partial charge in [-0.1, -0.05) is 158 Å². The molecule has 10 aromatic rings. The first-order valence-corrected chi connectivity index (χ1v) is 18.4. The van der Waals surface area contributed by atoms with Crippen LogP contribution in [0.3, 0.4) is 0 Å². The molecule has 0 aliphatic rings. The molecule has 0 atom stereocenters. The van der Waals surface area contributed by atoms with Crippen molar-refractivity contribution in [2.75, 3.05) is 4.90 Å². The summed E-state index contributed by atoms with van der Waals surface area (Å²) in [6.07, 6.45) is 0. The van der Waals surface area contributed by atoms with Crippen LogP contribution < -0.4 is 4.90 Å². The molecule has 1 aromatic heterocycles. The summed E-state index contributed by atoms with van der Waals surface area (Å²) in [5, 5.41) is 4.59. The van der Waals surface area contributed by atoms with E-state index in [1.165, 1.54) is 38.8 Å². The SMILES string of the molecule is c1ccc(-c2ccc(N(c3ccc(-c4cccc5oc6c7ccccc7ccc6c45)cc3)c3cc(-c4ccccc4)cc(-c4ccccc4)c3)cc2)cc1. The van der Waals surface area contributed by atoms with Crippen LogP contribution >= 0.6 is 0 Å². The molecule has 0 bridgehead atoms. The van der Waals surface area contributed by atoms with E-state index in [9.17, 15) is 0 Å². The van der Waals surface area contributed by atoms with E-state index in [-0.39, 0.29) is 0 Å². The summed E-state index contributed by atoms with van der Waals surface area (Å²) in [5.74, 6) is 0. The van der Waals surface area contributed by atoms with E-state index in [1.807, 2.05) is 0 Å². The average Bonchev–Trinajstić information content (AvgIpc) is 3.65. The van der Waals surface area contributed by atoms with Gasteiger partial charge in [-0.05, 0) is 104 Å². The monoisotopic (exact) mass is 689 g/mol. The molecule has 0 amide bonds. The molecule has 0 aliphatic carbocycles. The number of fused-ring (bicyclic) bond motifs is 5. The van der Waals surface area contributed by atoms with Crippen molar-refractivity contribution in [2.24, 2.45) is 0 Å². The smallest absolute Gasteiger partial charge is 0.143 e. The van der Waals surface area contributed by atoms with Gasteiger partial charge in [0.25, 0.3) is 0 Å². The van der Waals surface area contributed by atoms with Crippen LogP contribution in [0.2, 0.25) is 0 Å². The van der Waals surface area contributed by atoms with Crippen molar-refractivity contribution >= 4 is 49.8 Å². The maximum Gasteiger partial charge on any atom is 0.143 e. The van der Waals surface area contributed by atoms with E-state index in [4.69, 9.17) is 4.42 Å². The van der Waals surface area contributed by atoms with Gasteiger partial charge in [-0.2, -0.15) is 0 Å². The third kappa shape index (κ3) is 5.71. The lowest BCUT2D eigenvalue weighted by Crippen LogP contribution is -2.10. The minimum Gasteiger partial charge on any atom is -0.455 e. The minimum absolute atomic E-state index is 0.897. The van der Waals surface area contributed by atoms with Crippen LogP contribution in [-0.2, 0) is 0 Å². The Morgan fingerprint density at radius 3 is 1.44 bits per heavy atom. The van der Waals surface area contributed by atoms with Gasteiger partial charge in [0.2, 0.25) is 0 Å². The number of rotatable bonds is 7. The molecule has 10 rings (SSSR count). The van der Waals surface area contributed by atoms with E-state index in [2.05, 4.69) is 217 Å². The number of anilines is 3. The Balaban J connectivity index is 1.13. The maximum atomic E-state index is 6.53.